The van der Waals surface area contributed by atoms with Gasteiger partial charge in [0.1, 0.15) is 0 Å². The van der Waals surface area contributed by atoms with Crippen LogP contribution >= 0.6 is 23.2 Å². The number of Topliss-reactive ketones (excluding diaryl/α,β-unsaturated/α-hetero) is 1. The van der Waals surface area contributed by atoms with Crippen molar-refractivity contribution in [3.63, 3.8) is 0 Å². The number of amides is 1. The Morgan fingerprint density at radius 1 is 1.14 bits per heavy atom. The predicted molar refractivity (Wildman–Crippen MR) is 85.0 cm³/mol. The summed E-state index contributed by atoms with van der Waals surface area (Å²) in [5, 5.41) is 0.783. The van der Waals surface area contributed by atoms with Gasteiger partial charge < -0.3 is 4.90 Å². The van der Waals surface area contributed by atoms with Crippen LogP contribution in [0, 0.1) is 5.92 Å². The van der Waals surface area contributed by atoms with Crippen LogP contribution in [0.5, 0.6) is 0 Å². The Hall–Kier alpha value is -1.06. The largest absolute Gasteiger partial charge is 0.343 e. The Balaban J connectivity index is 1.86. The molecule has 114 valence electrons. The van der Waals surface area contributed by atoms with Crippen molar-refractivity contribution in [2.24, 2.45) is 5.92 Å². The second kappa shape index (κ2) is 7.28. The van der Waals surface area contributed by atoms with E-state index in [0.29, 0.717) is 21.5 Å². The van der Waals surface area contributed by atoms with E-state index in [9.17, 15) is 9.59 Å². The summed E-state index contributed by atoms with van der Waals surface area (Å²) in [6, 6.07) is 4.80. The first kappa shape index (κ1) is 16.3. The lowest BCUT2D eigenvalue weighted by molar-refractivity contribution is -0.132. The average Bonchev–Trinajstić information content (AvgIpc) is 2.48. The third-order valence-electron chi connectivity index (χ3n) is 3.94. The molecule has 5 heteroatoms. The van der Waals surface area contributed by atoms with Gasteiger partial charge in [-0.3, -0.25) is 9.59 Å². The third kappa shape index (κ3) is 4.45. The maximum atomic E-state index is 12.1. The van der Waals surface area contributed by atoms with Crippen LogP contribution in [0.2, 0.25) is 10.0 Å². The highest BCUT2D eigenvalue weighted by atomic mass is 35.5. The zero-order chi connectivity index (χ0) is 15.4. The fraction of sp³-hybridized carbons (Fsp3) is 0.500. The van der Waals surface area contributed by atoms with Gasteiger partial charge in [-0.05, 0) is 37.0 Å². The number of likely N-dealkylation sites (tertiary alicyclic amines) is 1. The van der Waals surface area contributed by atoms with Crippen LogP contribution in [0.4, 0.5) is 0 Å². The van der Waals surface area contributed by atoms with E-state index in [-0.39, 0.29) is 24.5 Å². The Morgan fingerprint density at radius 2 is 1.81 bits per heavy atom. The van der Waals surface area contributed by atoms with Crippen LogP contribution in [0.1, 0.15) is 43.0 Å². The van der Waals surface area contributed by atoms with Crippen LogP contribution in [-0.4, -0.2) is 29.7 Å². The Kier molecular flexibility index (Phi) is 5.65. The van der Waals surface area contributed by atoms with Crippen molar-refractivity contribution in [3.05, 3.63) is 33.8 Å². The first-order valence-electron chi connectivity index (χ1n) is 7.23. The van der Waals surface area contributed by atoms with Gasteiger partial charge in [-0.1, -0.05) is 30.1 Å². The summed E-state index contributed by atoms with van der Waals surface area (Å²) in [6.45, 7) is 3.82. The van der Waals surface area contributed by atoms with E-state index in [1.807, 2.05) is 4.90 Å². The molecule has 1 aliphatic heterocycles. The number of carbonyl (C=O) groups excluding carboxylic acids is 2. The van der Waals surface area contributed by atoms with Gasteiger partial charge >= 0.3 is 0 Å². The Labute approximate surface area is 135 Å². The molecule has 1 heterocycles. The second-order valence-corrected chi connectivity index (χ2v) is 6.43. The zero-order valence-electron chi connectivity index (χ0n) is 12.1. The summed E-state index contributed by atoms with van der Waals surface area (Å²) < 4.78 is 0. The van der Waals surface area contributed by atoms with Crippen molar-refractivity contribution in [3.8, 4) is 0 Å². The van der Waals surface area contributed by atoms with Gasteiger partial charge in [-0.25, -0.2) is 0 Å². The smallest absolute Gasteiger partial charge is 0.223 e. The molecule has 0 spiro atoms. The summed E-state index contributed by atoms with van der Waals surface area (Å²) >= 11 is 11.7. The van der Waals surface area contributed by atoms with Crippen molar-refractivity contribution < 1.29 is 9.59 Å². The highest BCUT2D eigenvalue weighted by Gasteiger charge is 2.21. The Bertz CT molecular complexity index is 537. The van der Waals surface area contributed by atoms with Gasteiger partial charge in [0.2, 0.25) is 5.91 Å². The molecular weight excluding hydrogens is 309 g/mol. The number of halogens is 2. The summed E-state index contributed by atoms with van der Waals surface area (Å²) in [4.78, 5) is 26.0. The maximum Gasteiger partial charge on any atom is 0.223 e. The number of ketones is 1. The number of hydrogen-bond acceptors (Lipinski definition) is 2. The van der Waals surface area contributed by atoms with Crippen LogP contribution in [0.25, 0.3) is 0 Å². The van der Waals surface area contributed by atoms with Gasteiger partial charge in [-0.15, -0.1) is 0 Å². The molecule has 0 saturated carbocycles. The van der Waals surface area contributed by atoms with Crippen molar-refractivity contribution >= 4 is 34.9 Å². The van der Waals surface area contributed by atoms with E-state index in [0.717, 1.165) is 25.9 Å². The summed E-state index contributed by atoms with van der Waals surface area (Å²) in [5.41, 5.74) is 0.504. The first-order chi connectivity index (χ1) is 9.97. The lowest BCUT2D eigenvalue weighted by atomic mass is 9.98. The molecule has 0 aromatic heterocycles. The number of piperidine rings is 1. The minimum absolute atomic E-state index is 0.0651. The molecule has 21 heavy (non-hydrogen) atoms. The predicted octanol–water partition coefficient (Wildman–Crippen LogP) is 4.21. The second-order valence-electron chi connectivity index (χ2n) is 5.62. The molecule has 1 aromatic carbocycles. The van der Waals surface area contributed by atoms with Crippen LogP contribution < -0.4 is 0 Å². The molecule has 0 radical (unpaired) electrons. The molecule has 1 fully saturated rings. The fourth-order valence-electron chi connectivity index (χ4n) is 2.45. The van der Waals surface area contributed by atoms with Gasteiger partial charge in [0, 0.05) is 31.5 Å². The third-order valence-corrected chi connectivity index (χ3v) is 4.68. The monoisotopic (exact) mass is 327 g/mol. The first-order valence-corrected chi connectivity index (χ1v) is 7.99. The van der Waals surface area contributed by atoms with Gasteiger partial charge in [0.15, 0.2) is 5.78 Å². The number of hydrogen-bond donors (Lipinski definition) is 0. The molecule has 0 unspecified atom stereocenters. The van der Waals surface area contributed by atoms with Gasteiger partial charge in [0.25, 0.3) is 0 Å². The molecular formula is C16H19Cl2NO2. The molecule has 0 atom stereocenters. The van der Waals surface area contributed by atoms with E-state index in [4.69, 9.17) is 23.2 Å². The van der Waals surface area contributed by atoms with Gasteiger partial charge in [0.05, 0.1) is 10.0 Å². The van der Waals surface area contributed by atoms with Crippen molar-refractivity contribution in [2.75, 3.05) is 13.1 Å². The van der Waals surface area contributed by atoms with Gasteiger partial charge in [-0.2, -0.15) is 0 Å². The number of nitrogens with zero attached hydrogens (tertiary/aromatic N) is 1. The summed E-state index contributed by atoms with van der Waals surface area (Å²) in [7, 11) is 0. The maximum absolute atomic E-state index is 12.1. The molecule has 1 aromatic rings. The number of rotatable bonds is 4. The molecule has 0 N–H and O–H groups in total. The van der Waals surface area contributed by atoms with Crippen molar-refractivity contribution in [1.82, 2.24) is 4.90 Å². The van der Waals surface area contributed by atoms with Crippen molar-refractivity contribution in [1.29, 1.82) is 0 Å². The minimum atomic E-state index is -0.0766. The molecule has 2 rings (SSSR count). The zero-order valence-corrected chi connectivity index (χ0v) is 13.6. The Morgan fingerprint density at radius 3 is 2.43 bits per heavy atom. The molecule has 1 amide bonds. The molecule has 0 aliphatic carbocycles. The van der Waals surface area contributed by atoms with Crippen LogP contribution in [0.3, 0.4) is 0 Å². The molecule has 1 aliphatic rings. The quantitative estimate of drug-likeness (QED) is 0.776. The number of carbonyl (C=O) groups is 2. The average molecular weight is 328 g/mol. The van der Waals surface area contributed by atoms with Crippen LogP contribution in [0.15, 0.2) is 18.2 Å². The highest BCUT2D eigenvalue weighted by molar-refractivity contribution is 6.42. The fourth-order valence-corrected chi connectivity index (χ4v) is 2.75. The van der Waals surface area contributed by atoms with Crippen LogP contribution in [-0.2, 0) is 4.79 Å². The standard InChI is InChI=1S/C16H19Cl2NO2/c1-11-6-8-19(9-7-11)16(21)5-4-15(20)12-2-3-13(17)14(18)10-12/h2-3,10-11H,4-9H2,1H3. The molecule has 0 bridgehead atoms. The van der Waals surface area contributed by atoms with E-state index in [1.165, 1.54) is 0 Å². The summed E-state index contributed by atoms with van der Waals surface area (Å²) in [5.74, 6) is 0.675. The number of benzene rings is 1. The molecule has 1 saturated heterocycles. The SMILES string of the molecule is CC1CCN(C(=O)CCC(=O)c2ccc(Cl)c(Cl)c2)CC1. The van der Waals surface area contributed by atoms with E-state index in [2.05, 4.69) is 6.92 Å². The lowest BCUT2D eigenvalue weighted by Gasteiger charge is -2.30. The lowest BCUT2D eigenvalue weighted by Crippen LogP contribution is -2.38. The normalized spacial score (nSPS) is 16.0. The van der Waals surface area contributed by atoms with E-state index in [1.54, 1.807) is 18.2 Å². The topological polar surface area (TPSA) is 37.4 Å². The highest BCUT2D eigenvalue weighted by Crippen LogP contribution is 2.23. The molecule has 3 nitrogen and oxygen atoms in total. The minimum Gasteiger partial charge on any atom is -0.343 e. The van der Waals surface area contributed by atoms with Crippen molar-refractivity contribution in [2.45, 2.75) is 32.6 Å². The van der Waals surface area contributed by atoms with E-state index >= 15 is 0 Å². The summed E-state index contributed by atoms with van der Waals surface area (Å²) in [6.07, 6.45) is 2.56. The van der Waals surface area contributed by atoms with E-state index < -0.39 is 0 Å².